The van der Waals surface area contributed by atoms with Crippen LogP contribution in [-0.2, 0) is 11.3 Å². The molecule has 0 amide bonds. The van der Waals surface area contributed by atoms with Gasteiger partial charge in [0.2, 0.25) is 0 Å². The number of rotatable bonds is 5. The third-order valence-corrected chi connectivity index (χ3v) is 3.66. The number of ether oxygens (including phenoxy) is 2. The summed E-state index contributed by atoms with van der Waals surface area (Å²) in [5.74, 6) is 0.933. The van der Waals surface area contributed by atoms with Gasteiger partial charge in [-0.05, 0) is 40.2 Å². The smallest absolute Gasteiger partial charge is 0.133 e. The third kappa shape index (κ3) is 3.97. The second-order valence-corrected chi connectivity index (χ2v) is 5.33. The molecule has 0 aromatic heterocycles. The molecule has 0 saturated carbocycles. The first kappa shape index (κ1) is 13.8. The fourth-order valence-electron chi connectivity index (χ4n) is 1.99. The van der Waals surface area contributed by atoms with Gasteiger partial charge in [-0.15, -0.1) is 0 Å². The number of hydrogen-bond donors (Lipinski definition) is 1. The Morgan fingerprint density at radius 1 is 1.39 bits per heavy atom. The van der Waals surface area contributed by atoms with E-state index >= 15 is 0 Å². The summed E-state index contributed by atoms with van der Waals surface area (Å²) < 4.78 is 12.4. The fraction of sp³-hybridized carbons (Fsp3) is 0.571. The number of benzene rings is 1. The summed E-state index contributed by atoms with van der Waals surface area (Å²) in [4.78, 5) is 0. The van der Waals surface area contributed by atoms with E-state index in [4.69, 9.17) is 9.47 Å². The van der Waals surface area contributed by atoms with Crippen LogP contribution in [0.5, 0.6) is 5.75 Å². The Balaban J connectivity index is 1.95. The molecule has 100 valence electrons. The van der Waals surface area contributed by atoms with Crippen molar-refractivity contribution in [2.75, 3.05) is 19.8 Å². The topological polar surface area (TPSA) is 30.5 Å². The standard InChI is InChI=1S/C14H20BrNO2/c1-2-16-10-11-3-4-14(13(15)9-11)18-12-5-7-17-8-6-12/h3-4,9,12,16H,2,5-8,10H2,1H3. The second-order valence-electron chi connectivity index (χ2n) is 4.47. The highest BCUT2D eigenvalue weighted by Gasteiger charge is 2.16. The highest BCUT2D eigenvalue weighted by atomic mass is 79.9. The van der Waals surface area contributed by atoms with Crippen LogP contribution >= 0.6 is 15.9 Å². The minimum atomic E-state index is 0.287. The summed E-state index contributed by atoms with van der Waals surface area (Å²) in [7, 11) is 0. The molecule has 4 heteroatoms. The van der Waals surface area contributed by atoms with Crippen LogP contribution in [0.2, 0.25) is 0 Å². The van der Waals surface area contributed by atoms with Gasteiger partial charge in [-0.2, -0.15) is 0 Å². The molecule has 1 fully saturated rings. The highest BCUT2D eigenvalue weighted by molar-refractivity contribution is 9.10. The molecule has 0 radical (unpaired) electrons. The molecule has 1 saturated heterocycles. The van der Waals surface area contributed by atoms with E-state index in [1.807, 2.05) is 6.07 Å². The van der Waals surface area contributed by atoms with Crippen molar-refractivity contribution in [3.8, 4) is 5.75 Å². The van der Waals surface area contributed by atoms with Crippen LogP contribution in [-0.4, -0.2) is 25.9 Å². The highest BCUT2D eigenvalue weighted by Crippen LogP contribution is 2.28. The summed E-state index contributed by atoms with van der Waals surface area (Å²) in [5, 5.41) is 3.31. The summed E-state index contributed by atoms with van der Waals surface area (Å²) >= 11 is 3.58. The van der Waals surface area contributed by atoms with Crippen molar-refractivity contribution < 1.29 is 9.47 Å². The van der Waals surface area contributed by atoms with Crippen molar-refractivity contribution in [3.63, 3.8) is 0 Å². The minimum Gasteiger partial charge on any atom is -0.489 e. The maximum atomic E-state index is 6.00. The van der Waals surface area contributed by atoms with Gasteiger partial charge < -0.3 is 14.8 Å². The van der Waals surface area contributed by atoms with Crippen LogP contribution < -0.4 is 10.1 Å². The van der Waals surface area contributed by atoms with E-state index in [0.29, 0.717) is 0 Å². The quantitative estimate of drug-likeness (QED) is 0.906. The van der Waals surface area contributed by atoms with Crippen LogP contribution in [0.15, 0.2) is 22.7 Å². The van der Waals surface area contributed by atoms with E-state index in [1.165, 1.54) is 5.56 Å². The van der Waals surface area contributed by atoms with Crippen LogP contribution in [0.3, 0.4) is 0 Å². The molecule has 2 rings (SSSR count). The van der Waals surface area contributed by atoms with Crippen molar-refractivity contribution in [1.82, 2.24) is 5.32 Å². The monoisotopic (exact) mass is 313 g/mol. The van der Waals surface area contributed by atoms with Gasteiger partial charge in [-0.3, -0.25) is 0 Å². The van der Waals surface area contributed by atoms with Gasteiger partial charge in [-0.25, -0.2) is 0 Å². The minimum absolute atomic E-state index is 0.287. The van der Waals surface area contributed by atoms with Crippen LogP contribution in [0.25, 0.3) is 0 Å². The lowest BCUT2D eigenvalue weighted by Crippen LogP contribution is -2.26. The van der Waals surface area contributed by atoms with Crippen LogP contribution in [0, 0.1) is 0 Å². The third-order valence-electron chi connectivity index (χ3n) is 3.04. The van der Waals surface area contributed by atoms with Crippen molar-refractivity contribution in [1.29, 1.82) is 0 Å². The predicted molar refractivity (Wildman–Crippen MR) is 76.0 cm³/mol. The molecule has 0 bridgehead atoms. The summed E-state index contributed by atoms with van der Waals surface area (Å²) in [6.07, 6.45) is 2.24. The van der Waals surface area contributed by atoms with Gasteiger partial charge in [0.1, 0.15) is 11.9 Å². The van der Waals surface area contributed by atoms with E-state index in [-0.39, 0.29) is 6.10 Å². The average molecular weight is 314 g/mol. The van der Waals surface area contributed by atoms with E-state index in [2.05, 4.69) is 40.3 Å². The molecule has 18 heavy (non-hydrogen) atoms. The van der Waals surface area contributed by atoms with Gasteiger partial charge in [-0.1, -0.05) is 13.0 Å². The number of halogens is 1. The van der Waals surface area contributed by atoms with E-state index in [9.17, 15) is 0 Å². The first-order chi connectivity index (χ1) is 8.79. The molecular formula is C14H20BrNO2. The molecule has 1 aliphatic rings. The molecule has 0 aliphatic carbocycles. The zero-order valence-corrected chi connectivity index (χ0v) is 12.3. The molecule has 0 atom stereocenters. The average Bonchev–Trinajstić information content (AvgIpc) is 2.40. The summed E-state index contributed by atoms with van der Waals surface area (Å²) in [6, 6.07) is 6.28. The fourth-order valence-corrected chi connectivity index (χ4v) is 2.51. The Morgan fingerprint density at radius 2 is 2.17 bits per heavy atom. The Bertz CT molecular complexity index is 378. The Hall–Kier alpha value is -0.580. The van der Waals surface area contributed by atoms with Crippen molar-refractivity contribution in [2.24, 2.45) is 0 Å². The maximum absolute atomic E-state index is 6.00. The zero-order valence-electron chi connectivity index (χ0n) is 10.7. The molecule has 1 aromatic rings. The van der Waals surface area contributed by atoms with Gasteiger partial charge in [0.05, 0.1) is 17.7 Å². The molecule has 0 spiro atoms. The molecule has 3 nitrogen and oxygen atoms in total. The van der Waals surface area contributed by atoms with Crippen molar-refractivity contribution >= 4 is 15.9 Å². The lowest BCUT2D eigenvalue weighted by Gasteiger charge is -2.24. The first-order valence-corrected chi connectivity index (χ1v) is 7.32. The normalized spacial score (nSPS) is 16.8. The van der Waals surface area contributed by atoms with Gasteiger partial charge >= 0.3 is 0 Å². The Morgan fingerprint density at radius 3 is 2.83 bits per heavy atom. The second kappa shape index (κ2) is 7.12. The predicted octanol–water partition coefficient (Wildman–Crippen LogP) is 3.12. The van der Waals surface area contributed by atoms with Crippen LogP contribution in [0.4, 0.5) is 0 Å². The zero-order chi connectivity index (χ0) is 12.8. The number of hydrogen-bond acceptors (Lipinski definition) is 3. The van der Waals surface area contributed by atoms with Crippen molar-refractivity contribution in [3.05, 3.63) is 28.2 Å². The molecule has 1 aliphatic heterocycles. The summed E-state index contributed by atoms with van der Waals surface area (Å²) in [5.41, 5.74) is 1.27. The molecular weight excluding hydrogens is 294 g/mol. The van der Waals surface area contributed by atoms with Gasteiger partial charge in [0, 0.05) is 19.4 Å². The molecule has 1 aromatic carbocycles. The van der Waals surface area contributed by atoms with E-state index in [0.717, 1.165) is 49.4 Å². The van der Waals surface area contributed by atoms with E-state index < -0.39 is 0 Å². The molecule has 1 heterocycles. The van der Waals surface area contributed by atoms with Crippen molar-refractivity contribution in [2.45, 2.75) is 32.4 Å². The van der Waals surface area contributed by atoms with Gasteiger partial charge in [0.25, 0.3) is 0 Å². The van der Waals surface area contributed by atoms with Crippen LogP contribution in [0.1, 0.15) is 25.3 Å². The Labute approximate surface area is 117 Å². The Kier molecular flexibility index (Phi) is 5.47. The molecule has 0 unspecified atom stereocenters. The van der Waals surface area contributed by atoms with Gasteiger partial charge in [0.15, 0.2) is 0 Å². The number of nitrogens with one attached hydrogen (secondary N) is 1. The lowest BCUT2D eigenvalue weighted by molar-refractivity contribution is 0.0252. The SMILES string of the molecule is CCNCc1ccc(OC2CCOCC2)c(Br)c1. The first-order valence-electron chi connectivity index (χ1n) is 6.53. The largest absolute Gasteiger partial charge is 0.489 e. The summed E-state index contributed by atoms with van der Waals surface area (Å²) in [6.45, 7) is 5.60. The lowest BCUT2D eigenvalue weighted by atomic mass is 10.1. The maximum Gasteiger partial charge on any atom is 0.133 e. The molecule has 1 N–H and O–H groups in total. The van der Waals surface area contributed by atoms with E-state index in [1.54, 1.807) is 0 Å².